The van der Waals surface area contributed by atoms with Crippen LogP contribution in [0.2, 0.25) is 0 Å². The molecule has 0 saturated heterocycles. The normalized spacial score (nSPS) is 8.12. The maximum absolute atomic E-state index is 2.17. The molecule has 0 nitrogen and oxygen atoms in total. The molecule has 0 aromatic carbocycles. The Kier molecular flexibility index (Phi) is 3.53. The lowest BCUT2D eigenvalue weighted by Gasteiger charge is -1.78. The summed E-state index contributed by atoms with van der Waals surface area (Å²) in [4.78, 5) is 1.47. The molecular formula is C7H12S. The average molecular weight is 128 g/mol. The van der Waals surface area contributed by atoms with Crippen LogP contribution in [0.4, 0.5) is 0 Å². The fourth-order valence-electron chi connectivity index (χ4n) is 0.514. The zero-order valence-corrected chi connectivity index (χ0v) is 5.16. The van der Waals surface area contributed by atoms with Gasteiger partial charge in [0.15, 0.2) is 0 Å². The molecule has 0 saturated carbocycles. The molecule has 0 aliphatic heterocycles. The molecule has 46 valence electrons. The number of hydrogen-bond donors (Lipinski definition) is 0. The molecule has 1 aromatic heterocycles. The van der Waals surface area contributed by atoms with E-state index in [4.69, 9.17) is 0 Å². The highest BCUT2D eigenvalue weighted by Gasteiger charge is 1.82. The smallest absolute Gasteiger partial charge is 0.00424 e. The van der Waals surface area contributed by atoms with Crippen LogP contribution < -0.4 is 0 Å². The Morgan fingerprint density at radius 3 is 2.62 bits per heavy atom. The first kappa shape index (κ1) is 7.70. The molecule has 0 bridgehead atoms. The molecule has 0 atom stereocenters. The SMILES string of the molecule is C.CCc1cccs1. The van der Waals surface area contributed by atoms with E-state index in [2.05, 4.69) is 24.4 Å². The molecule has 0 unspecified atom stereocenters. The zero-order chi connectivity index (χ0) is 5.11. The van der Waals surface area contributed by atoms with Crippen molar-refractivity contribution >= 4 is 11.3 Å². The molecule has 0 amide bonds. The van der Waals surface area contributed by atoms with Crippen LogP contribution in [0, 0.1) is 0 Å². The predicted molar refractivity (Wildman–Crippen MR) is 40.4 cm³/mol. The molecule has 1 heteroatoms. The van der Waals surface area contributed by atoms with E-state index in [1.807, 2.05) is 11.3 Å². The summed E-state index contributed by atoms with van der Waals surface area (Å²) in [5.41, 5.74) is 0. The van der Waals surface area contributed by atoms with Gasteiger partial charge in [-0.05, 0) is 17.9 Å². The van der Waals surface area contributed by atoms with Crippen LogP contribution in [0.15, 0.2) is 17.5 Å². The van der Waals surface area contributed by atoms with Gasteiger partial charge in [-0.15, -0.1) is 11.3 Å². The van der Waals surface area contributed by atoms with E-state index in [1.165, 1.54) is 11.3 Å². The summed E-state index contributed by atoms with van der Waals surface area (Å²) in [6.45, 7) is 2.17. The number of aryl methyl sites for hydroxylation is 1. The van der Waals surface area contributed by atoms with Crippen molar-refractivity contribution in [1.82, 2.24) is 0 Å². The summed E-state index contributed by atoms with van der Waals surface area (Å²) in [6, 6.07) is 4.24. The standard InChI is InChI=1S/C6H8S.CH4/c1-2-6-4-3-5-7-6;/h3-5H,2H2,1H3;1H4. The van der Waals surface area contributed by atoms with Crippen molar-refractivity contribution in [3.8, 4) is 0 Å². The molecule has 1 aromatic rings. The molecule has 1 rings (SSSR count). The van der Waals surface area contributed by atoms with Gasteiger partial charge in [-0.3, -0.25) is 0 Å². The van der Waals surface area contributed by atoms with Crippen LogP contribution in [-0.4, -0.2) is 0 Å². The van der Waals surface area contributed by atoms with E-state index < -0.39 is 0 Å². The van der Waals surface area contributed by atoms with Crippen molar-refractivity contribution in [3.05, 3.63) is 22.4 Å². The summed E-state index contributed by atoms with van der Waals surface area (Å²) in [5.74, 6) is 0. The monoisotopic (exact) mass is 128 g/mol. The highest BCUT2D eigenvalue weighted by Crippen LogP contribution is 2.07. The van der Waals surface area contributed by atoms with Gasteiger partial charge in [0.05, 0.1) is 0 Å². The van der Waals surface area contributed by atoms with Crippen molar-refractivity contribution in [1.29, 1.82) is 0 Å². The van der Waals surface area contributed by atoms with Crippen molar-refractivity contribution in [3.63, 3.8) is 0 Å². The predicted octanol–water partition coefficient (Wildman–Crippen LogP) is 2.95. The Morgan fingerprint density at radius 1 is 1.62 bits per heavy atom. The molecule has 8 heavy (non-hydrogen) atoms. The average Bonchev–Trinajstić information content (AvgIpc) is 2.14. The second-order valence-corrected chi connectivity index (χ2v) is 2.47. The Balaban J connectivity index is 0.000000490. The van der Waals surface area contributed by atoms with Gasteiger partial charge < -0.3 is 0 Å². The summed E-state index contributed by atoms with van der Waals surface area (Å²) in [7, 11) is 0. The lowest BCUT2D eigenvalue weighted by molar-refractivity contribution is 1.19. The summed E-state index contributed by atoms with van der Waals surface area (Å²) < 4.78 is 0. The minimum Gasteiger partial charge on any atom is -0.149 e. The van der Waals surface area contributed by atoms with E-state index in [1.54, 1.807) is 0 Å². The fourth-order valence-corrected chi connectivity index (χ4v) is 1.17. The van der Waals surface area contributed by atoms with E-state index in [-0.39, 0.29) is 7.43 Å². The van der Waals surface area contributed by atoms with Gasteiger partial charge in [-0.1, -0.05) is 20.4 Å². The topological polar surface area (TPSA) is 0 Å². The van der Waals surface area contributed by atoms with Crippen molar-refractivity contribution in [2.24, 2.45) is 0 Å². The van der Waals surface area contributed by atoms with Crippen molar-refractivity contribution in [2.45, 2.75) is 20.8 Å². The van der Waals surface area contributed by atoms with Crippen LogP contribution in [0.5, 0.6) is 0 Å². The van der Waals surface area contributed by atoms with Gasteiger partial charge in [0.2, 0.25) is 0 Å². The Bertz CT molecular complexity index is 119. The molecule has 0 fully saturated rings. The molecule has 0 aliphatic rings. The molecule has 0 spiro atoms. The molecule has 0 radical (unpaired) electrons. The lowest BCUT2D eigenvalue weighted by atomic mass is 10.4. The van der Waals surface area contributed by atoms with Crippen LogP contribution in [0.1, 0.15) is 19.2 Å². The molecule has 0 aliphatic carbocycles. The third-order valence-corrected chi connectivity index (χ3v) is 1.95. The van der Waals surface area contributed by atoms with E-state index in [0.717, 1.165) is 0 Å². The van der Waals surface area contributed by atoms with Gasteiger partial charge in [0.25, 0.3) is 0 Å². The Hall–Kier alpha value is -0.300. The van der Waals surface area contributed by atoms with Gasteiger partial charge >= 0.3 is 0 Å². The fraction of sp³-hybridized carbons (Fsp3) is 0.429. The minimum atomic E-state index is 0. The largest absolute Gasteiger partial charge is 0.149 e. The van der Waals surface area contributed by atoms with Gasteiger partial charge in [-0.2, -0.15) is 0 Å². The number of rotatable bonds is 1. The van der Waals surface area contributed by atoms with Gasteiger partial charge in [0.1, 0.15) is 0 Å². The lowest BCUT2D eigenvalue weighted by Crippen LogP contribution is -1.63. The highest BCUT2D eigenvalue weighted by atomic mass is 32.1. The van der Waals surface area contributed by atoms with Gasteiger partial charge in [0, 0.05) is 4.88 Å². The third kappa shape index (κ3) is 1.66. The van der Waals surface area contributed by atoms with E-state index in [9.17, 15) is 0 Å². The van der Waals surface area contributed by atoms with Crippen LogP contribution in [0.25, 0.3) is 0 Å². The van der Waals surface area contributed by atoms with Gasteiger partial charge in [-0.25, -0.2) is 0 Å². The second kappa shape index (κ2) is 3.67. The first-order chi connectivity index (χ1) is 3.43. The summed E-state index contributed by atoms with van der Waals surface area (Å²) in [6.07, 6.45) is 1.18. The Morgan fingerprint density at radius 2 is 2.38 bits per heavy atom. The number of thiophene rings is 1. The van der Waals surface area contributed by atoms with E-state index >= 15 is 0 Å². The third-order valence-electron chi connectivity index (χ3n) is 0.929. The zero-order valence-electron chi connectivity index (χ0n) is 4.35. The molecular weight excluding hydrogens is 116 g/mol. The quantitative estimate of drug-likeness (QED) is 0.545. The maximum Gasteiger partial charge on any atom is 0.00424 e. The maximum atomic E-state index is 2.17. The summed E-state index contributed by atoms with van der Waals surface area (Å²) in [5, 5.41) is 2.11. The first-order valence-corrected chi connectivity index (χ1v) is 3.34. The molecule has 0 N–H and O–H groups in total. The van der Waals surface area contributed by atoms with Crippen LogP contribution in [0.3, 0.4) is 0 Å². The summed E-state index contributed by atoms with van der Waals surface area (Å²) >= 11 is 1.82. The van der Waals surface area contributed by atoms with Crippen molar-refractivity contribution in [2.75, 3.05) is 0 Å². The second-order valence-electron chi connectivity index (χ2n) is 1.43. The minimum absolute atomic E-state index is 0. The van der Waals surface area contributed by atoms with Crippen LogP contribution >= 0.6 is 11.3 Å². The highest BCUT2D eigenvalue weighted by molar-refractivity contribution is 7.09. The van der Waals surface area contributed by atoms with E-state index in [0.29, 0.717) is 0 Å². The van der Waals surface area contributed by atoms with Crippen molar-refractivity contribution < 1.29 is 0 Å². The van der Waals surface area contributed by atoms with Crippen LogP contribution in [-0.2, 0) is 6.42 Å². The Labute approximate surface area is 55.2 Å². The number of hydrogen-bond acceptors (Lipinski definition) is 1. The molecule has 1 heterocycles. The first-order valence-electron chi connectivity index (χ1n) is 2.46.